The molecule has 0 aromatic carbocycles. The average Bonchev–Trinajstić information content (AvgIpc) is 3.15. The molecule has 3 aliphatic carbocycles. The Balaban J connectivity index is 1.92. The minimum atomic E-state index is -2.34. The molecule has 0 bridgehead atoms. The Bertz CT molecular complexity index is 935. The fraction of sp³-hybridized carbons (Fsp3) is 0.794. The van der Waals surface area contributed by atoms with E-state index < -0.39 is 16.6 Å². The summed E-state index contributed by atoms with van der Waals surface area (Å²) in [5, 5.41) is 0.0535. The first-order valence-electron chi connectivity index (χ1n) is 15.7. The predicted molar refractivity (Wildman–Crippen MR) is 172 cm³/mol. The zero-order chi connectivity index (χ0) is 29.6. The van der Waals surface area contributed by atoms with Crippen molar-refractivity contribution >= 4 is 22.9 Å². The number of carbonyl (C=O) groups is 1. The Hall–Kier alpha value is -0.756. The lowest BCUT2D eigenvalue weighted by atomic mass is 9.61. The van der Waals surface area contributed by atoms with E-state index in [1.165, 1.54) is 49.5 Å². The monoisotopic (exact) mass is 572 g/mol. The summed E-state index contributed by atoms with van der Waals surface area (Å²) in [6.07, 6.45) is 15.1. The minimum absolute atomic E-state index is 0.0505. The van der Waals surface area contributed by atoms with Crippen molar-refractivity contribution in [3.63, 3.8) is 0 Å². The number of fused-ring (bicyclic) bond motifs is 1. The Labute approximate surface area is 243 Å². The van der Waals surface area contributed by atoms with Crippen LogP contribution in [0.1, 0.15) is 99.8 Å². The van der Waals surface area contributed by atoms with Gasteiger partial charge in [0.1, 0.15) is 6.29 Å². The van der Waals surface area contributed by atoms with Crippen molar-refractivity contribution in [2.75, 3.05) is 0 Å². The molecule has 0 aromatic rings. The summed E-state index contributed by atoms with van der Waals surface area (Å²) in [6, 6.07) is 0. The second-order valence-corrected chi connectivity index (χ2v) is 25.6. The van der Waals surface area contributed by atoms with Crippen LogP contribution in [0.15, 0.2) is 35.5 Å². The van der Waals surface area contributed by atoms with Crippen molar-refractivity contribution in [1.82, 2.24) is 0 Å². The first-order valence-corrected chi connectivity index (χ1v) is 21.5. The zero-order valence-corrected chi connectivity index (χ0v) is 29.2. The molecule has 6 atom stereocenters. The molecule has 0 saturated heterocycles. The average molecular weight is 573 g/mol. The number of carbonyl (C=O) groups excluding carboxylic acids is 1. The van der Waals surface area contributed by atoms with Crippen molar-refractivity contribution in [2.24, 2.45) is 29.1 Å². The highest BCUT2D eigenvalue weighted by Crippen LogP contribution is 2.59. The molecular weight excluding hydrogens is 513 g/mol. The van der Waals surface area contributed by atoms with Gasteiger partial charge in [0.05, 0.1) is 6.10 Å². The van der Waals surface area contributed by atoms with E-state index in [0.29, 0.717) is 17.8 Å². The normalized spacial score (nSPS) is 33.9. The van der Waals surface area contributed by atoms with Crippen molar-refractivity contribution in [3.05, 3.63) is 35.5 Å². The maximum Gasteiger partial charge on any atom is 0.192 e. The van der Waals surface area contributed by atoms with Crippen molar-refractivity contribution in [1.29, 1.82) is 0 Å². The first kappa shape index (κ1) is 32.8. The summed E-state index contributed by atoms with van der Waals surface area (Å²) in [5.41, 5.74) is 4.56. The molecule has 3 fully saturated rings. The van der Waals surface area contributed by atoms with Crippen LogP contribution in [-0.4, -0.2) is 33.8 Å². The van der Waals surface area contributed by atoms with Crippen LogP contribution in [0.3, 0.4) is 0 Å². The lowest BCUT2D eigenvalue weighted by molar-refractivity contribution is -0.113. The standard InChI is InChI=1S/C34H60O3Si2/c1-24(23-35)29-17-18-30-27(14-13-19-34(29,30)8)16-15-26-20-28(22-33(6,7)38(9,10)36)25(2)31(21-26)37-39(11,12)32(3,4)5/h15-16,23-24,28-31,36H,2,13-14,17-22H2,1,3-12H3/b26-15+,27-16+/t24-,28+,29-,30+,31-,34-/m1/s1. The SMILES string of the molecule is C=C1[C@H](CC(C)(C)[Si](C)(C)O)C/C(=C\C=C2/CCC[C@]3(C)[C@@H]([C@H](C)C=O)CC[C@@H]23)C[C@H]1O[Si](C)(C)C(C)(C)C. The van der Waals surface area contributed by atoms with Gasteiger partial charge in [0, 0.05) is 5.92 Å². The smallest absolute Gasteiger partial charge is 0.192 e. The topological polar surface area (TPSA) is 46.5 Å². The van der Waals surface area contributed by atoms with Crippen LogP contribution in [-0.2, 0) is 9.22 Å². The molecule has 222 valence electrons. The molecule has 3 nitrogen and oxygen atoms in total. The molecule has 1 N–H and O–H groups in total. The molecule has 39 heavy (non-hydrogen) atoms. The third-order valence-corrected chi connectivity index (χ3v) is 20.0. The number of rotatable bonds is 8. The van der Waals surface area contributed by atoms with Gasteiger partial charge in [-0.15, -0.1) is 0 Å². The summed E-state index contributed by atoms with van der Waals surface area (Å²) < 4.78 is 7.04. The fourth-order valence-corrected chi connectivity index (χ4v) is 9.53. The molecule has 3 rings (SSSR count). The largest absolute Gasteiger partial charge is 0.432 e. The Morgan fingerprint density at radius 2 is 1.74 bits per heavy atom. The zero-order valence-electron chi connectivity index (χ0n) is 27.2. The highest BCUT2D eigenvalue weighted by atomic mass is 28.4. The molecule has 0 heterocycles. The van der Waals surface area contributed by atoms with Gasteiger partial charge in [0.25, 0.3) is 0 Å². The van der Waals surface area contributed by atoms with E-state index in [1.54, 1.807) is 5.57 Å². The molecule has 5 heteroatoms. The van der Waals surface area contributed by atoms with Crippen LogP contribution in [0.5, 0.6) is 0 Å². The van der Waals surface area contributed by atoms with E-state index in [4.69, 9.17) is 4.43 Å². The second-order valence-electron chi connectivity index (χ2n) is 16.4. The molecule has 0 unspecified atom stereocenters. The van der Waals surface area contributed by atoms with E-state index in [2.05, 4.69) is 93.4 Å². The lowest BCUT2D eigenvalue weighted by Crippen LogP contribution is -2.46. The van der Waals surface area contributed by atoms with Gasteiger partial charge in [-0.3, -0.25) is 0 Å². The third-order valence-electron chi connectivity index (χ3n) is 12.0. The maximum atomic E-state index is 11.7. The molecule has 0 amide bonds. The number of allylic oxidation sites excluding steroid dienone is 3. The third kappa shape index (κ3) is 6.84. The van der Waals surface area contributed by atoms with E-state index in [1.807, 2.05) is 0 Å². The van der Waals surface area contributed by atoms with Gasteiger partial charge in [-0.2, -0.15) is 0 Å². The molecule has 0 spiro atoms. The van der Waals surface area contributed by atoms with Crippen LogP contribution in [0, 0.1) is 29.1 Å². The number of hydrogen-bond donors (Lipinski definition) is 1. The van der Waals surface area contributed by atoms with Crippen molar-refractivity contribution < 1.29 is 14.0 Å². The molecule has 0 aliphatic heterocycles. The van der Waals surface area contributed by atoms with Crippen LogP contribution in [0.4, 0.5) is 0 Å². The summed E-state index contributed by atoms with van der Waals surface area (Å²) in [7, 11) is -4.30. The molecule has 3 aliphatic rings. The Kier molecular flexibility index (Phi) is 9.65. The molecule has 0 radical (unpaired) electrons. The van der Waals surface area contributed by atoms with Crippen molar-refractivity contribution in [2.45, 2.75) is 142 Å². The van der Waals surface area contributed by atoms with Gasteiger partial charge in [0.15, 0.2) is 16.6 Å². The van der Waals surface area contributed by atoms with Gasteiger partial charge in [-0.1, -0.05) is 78.3 Å². The quantitative estimate of drug-likeness (QED) is 0.179. The summed E-state index contributed by atoms with van der Waals surface area (Å²) in [4.78, 5) is 22.8. The number of aldehydes is 1. The van der Waals surface area contributed by atoms with Gasteiger partial charge in [-0.25, -0.2) is 0 Å². The fourth-order valence-electron chi connectivity index (χ4n) is 7.48. The first-order chi connectivity index (χ1) is 17.7. The van der Waals surface area contributed by atoms with Gasteiger partial charge in [0.2, 0.25) is 0 Å². The van der Waals surface area contributed by atoms with Gasteiger partial charge >= 0.3 is 0 Å². The number of hydrogen-bond acceptors (Lipinski definition) is 3. The Morgan fingerprint density at radius 3 is 2.31 bits per heavy atom. The van der Waals surface area contributed by atoms with Crippen LogP contribution in [0.2, 0.25) is 36.3 Å². The highest BCUT2D eigenvalue weighted by Gasteiger charge is 2.51. The maximum absolute atomic E-state index is 11.7. The Morgan fingerprint density at radius 1 is 1.10 bits per heavy atom. The van der Waals surface area contributed by atoms with Crippen LogP contribution in [0.25, 0.3) is 0 Å². The molecule has 3 saturated carbocycles. The molecular formula is C34H60O3Si2. The summed E-state index contributed by atoms with van der Waals surface area (Å²) in [5.74, 6) is 1.59. The summed E-state index contributed by atoms with van der Waals surface area (Å²) >= 11 is 0. The summed E-state index contributed by atoms with van der Waals surface area (Å²) in [6.45, 7) is 29.5. The highest BCUT2D eigenvalue weighted by molar-refractivity contribution is 6.74. The van der Waals surface area contributed by atoms with E-state index in [9.17, 15) is 9.59 Å². The van der Waals surface area contributed by atoms with E-state index >= 15 is 0 Å². The second kappa shape index (κ2) is 11.5. The van der Waals surface area contributed by atoms with Crippen LogP contribution >= 0.6 is 0 Å². The van der Waals surface area contributed by atoms with E-state index in [-0.39, 0.29) is 27.5 Å². The predicted octanol–water partition coefficient (Wildman–Crippen LogP) is 9.61. The van der Waals surface area contributed by atoms with Crippen molar-refractivity contribution in [3.8, 4) is 0 Å². The van der Waals surface area contributed by atoms with E-state index in [0.717, 1.165) is 19.3 Å². The minimum Gasteiger partial charge on any atom is -0.432 e. The van der Waals surface area contributed by atoms with Crippen LogP contribution < -0.4 is 0 Å². The lowest BCUT2D eigenvalue weighted by Gasteiger charge is -2.45. The van der Waals surface area contributed by atoms with Gasteiger partial charge in [-0.05, 0) is 116 Å². The molecule has 0 aromatic heterocycles. The van der Waals surface area contributed by atoms with Gasteiger partial charge < -0.3 is 14.0 Å².